The van der Waals surface area contributed by atoms with Crippen molar-refractivity contribution in [2.45, 2.75) is 47.7 Å². The first-order valence-electron chi connectivity index (χ1n) is 7.13. The SMILES string of the molecule is O=Cc1ccc(Sc2nnc(C3CC3)n2C2CC2)cc1Cl. The van der Waals surface area contributed by atoms with Gasteiger partial charge in [-0.2, -0.15) is 0 Å². The predicted octanol–water partition coefficient (Wildman–Crippen LogP) is 4.11. The molecule has 4 nitrogen and oxygen atoms in total. The Morgan fingerprint density at radius 2 is 2.05 bits per heavy atom. The van der Waals surface area contributed by atoms with Gasteiger partial charge in [0, 0.05) is 22.4 Å². The van der Waals surface area contributed by atoms with Crippen molar-refractivity contribution < 1.29 is 4.79 Å². The van der Waals surface area contributed by atoms with Gasteiger partial charge in [-0.3, -0.25) is 4.79 Å². The standard InChI is InChI=1S/C15H14ClN3OS/c16-13-7-12(6-3-10(13)8-20)21-15-18-17-14(9-1-2-9)19(15)11-4-5-11/h3,6-9,11H,1-2,4-5H2. The van der Waals surface area contributed by atoms with Crippen molar-refractivity contribution >= 4 is 29.6 Å². The molecule has 0 bridgehead atoms. The van der Waals surface area contributed by atoms with Crippen LogP contribution < -0.4 is 0 Å². The molecule has 6 heteroatoms. The minimum absolute atomic E-state index is 0.481. The molecule has 0 amide bonds. The second kappa shape index (κ2) is 5.14. The van der Waals surface area contributed by atoms with Crippen molar-refractivity contribution in [2.24, 2.45) is 0 Å². The normalized spacial score (nSPS) is 18.0. The Kier molecular flexibility index (Phi) is 3.27. The maximum atomic E-state index is 10.8. The highest BCUT2D eigenvalue weighted by molar-refractivity contribution is 7.99. The lowest BCUT2D eigenvalue weighted by molar-refractivity contribution is 0.112. The molecule has 2 fully saturated rings. The zero-order valence-corrected chi connectivity index (χ0v) is 12.9. The summed E-state index contributed by atoms with van der Waals surface area (Å²) < 4.78 is 2.31. The Labute approximate surface area is 131 Å². The molecule has 0 radical (unpaired) electrons. The van der Waals surface area contributed by atoms with Crippen molar-refractivity contribution in [1.82, 2.24) is 14.8 Å². The Balaban J connectivity index is 1.65. The van der Waals surface area contributed by atoms with Crippen LogP contribution in [-0.4, -0.2) is 21.1 Å². The largest absolute Gasteiger partial charge is 0.302 e. The quantitative estimate of drug-likeness (QED) is 0.778. The summed E-state index contributed by atoms with van der Waals surface area (Å²) in [6.45, 7) is 0. The van der Waals surface area contributed by atoms with Gasteiger partial charge in [0.15, 0.2) is 11.4 Å². The molecule has 2 aliphatic carbocycles. The number of rotatable bonds is 5. The van der Waals surface area contributed by atoms with E-state index in [9.17, 15) is 4.79 Å². The molecule has 1 aromatic heterocycles. The fraction of sp³-hybridized carbons (Fsp3) is 0.400. The van der Waals surface area contributed by atoms with Gasteiger partial charge >= 0.3 is 0 Å². The molecule has 21 heavy (non-hydrogen) atoms. The zero-order chi connectivity index (χ0) is 14.4. The molecule has 2 aliphatic rings. The van der Waals surface area contributed by atoms with Gasteiger partial charge in [-0.1, -0.05) is 11.6 Å². The number of aromatic nitrogens is 3. The molecule has 2 saturated carbocycles. The van der Waals surface area contributed by atoms with Crippen LogP contribution in [0.3, 0.4) is 0 Å². The third-order valence-corrected chi connectivity index (χ3v) is 5.13. The fourth-order valence-electron chi connectivity index (χ4n) is 2.43. The molecule has 4 rings (SSSR count). The lowest BCUT2D eigenvalue weighted by Gasteiger charge is -2.08. The van der Waals surface area contributed by atoms with E-state index in [0.717, 1.165) is 22.2 Å². The van der Waals surface area contributed by atoms with E-state index in [1.807, 2.05) is 12.1 Å². The topological polar surface area (TPSA) is 47.8 Å². The third-order valence-electron chi connectivity index (χ3n) is 3.85. The van der Waals surface area contributed by atoms with Gasteiger partial charge in [0.05, 0.1) is 5.02 Å². The first kappa shape index (κ1) is 13.3. The van der Waals surface area contributed by atoms with E-state index in [2.05, 4.69) is 14.8 Å². The van der Waals surface area contributed by atoms with E-state index in [0.29, 0.717) is 22.5 Å². The Hall–Kier alpha value is -1.33. The van der Waals surface area contributed by atoms with Gasteiger partial charge < -0.3 is 4.57 Å². The average molecular weight is 320 g/mol. The smallest absolute Gasteiger partial charge is 0.196 e. The first-order valence-corrected chi connectivity index (χ1v) is 8.33. The Bertz CT molecular complexity index is 707. The molecule has 1 heterocycles. The van der Waals surface area contributed by atoms with Crippen LogP contribution in [0.25, 0.3) is 0 Å². The number of carbonyl (C=O) groups excluding carboxylic acids is 1. The van der Waals surface area contributed by atoms with E-state index < -0.39 is 0 Å². The van der Waals surface area contributed by atoms with Crippen LogP contribution in [0.15, 0.2) is 28.3 Å². The average Bonchev–Trinajstić information content (AvgIpc) is 3.39. The third kappa shape index (κ3) is 2.60. The van der Waals surface area contributed by atoms with Crippen LogP contribution in [0.2, 0.25) is 5.02 Å². The lowest BCUT2D eigenvalue weighted by atomic mass is 10.2. The molecule has 108 valence electrons. The highest BCUT2D eigenvalue weighted by Gasteiger charge is 2.36. The fourth-order valence-corrected chi connectivity index (χ4v) is 3.66. The van der Waals surface area contributed by atoms with Gasteiger partial charge in [-0.05, 0) is 55.6 Å². The van der Waals surface area contributed by atoms with Gasteiger partial charge in [0.1, 0.15) is 5.82 Å². The number of carbonyl (C=O) groups is 1. The first-order chi connectivity index (χ1) is 10.3. The van der Waals surface area contributed by atoms with Crippen molar-refractivity contribution in [3.63, 3.8) is 0 Å². The van der Waals surface area contributed by atoms with Crippen LogP contribution in [0.4, 0.5) is 0 Å². The summed E-state index contributed by atoms with van der Waals surface area (Å²) in [5.74, 6) is 1.75. The molecule has 0 aliphatic heterocycles. The monoisotopic (exact) mass is 319 g/mol. The summed E-state index contributed by atoms with van der Waals surface area (Å²) in [7, 11) is 0. The Morgan fingerprint density at radius 1 is 1.24 bits per heavy atom. The van der Waals surface area contributed by atoms with Crippen LogP contribution in [-0.2, 0) is 0 Å². The molecule has 0 unspecified atom stereocenters. The molecule has 1 aromatic carbocycles. The number of hydrogen-bond donors (Lipinski definition) is 0. The van der Waals surface area contributed by atoms with Crippen LogP contribution in [0, 0.1) is 0 Å². The van der Waals surface area contributed by atoms with E-state index in [1.54, 1.807) is 17.8 Å². The lowest BCUT2D eigenvalue weighted by Crippen LogP contribution is -2.01. The van der Waals surface area contributed by atoms with Crippen molar-refractivity contribution in [1.29, 1.82) is 0 Å². The van der Waals surface area contributed by atoms with Crippen molar-refractivity contribution in [3.05, 3.63) is 34.6 Å². The van der Waals surface area contributed by atoms with Gasteiger partial charge in [-0.15, -0.1) is 10.2 Å². The van der Waals surface area contributed by atoms with E-state index in [4.69, 9.17) is 11.6 Å². The number of nitrogens with zero attached hydrogens (tertiary/aromatic N) is 3. The predicted molar refractivity (Wildman–Crippen MR) is 81.2 cm³/mol. The highest BCUT2D eigenvalue weighted by atomic mass is 35.5. The molecular formula is C15H14ClN3OS. The van der Waals surface area contributed by atoms with Crippen LogP contribution in [0.1, 0.15) is 53.8 Å². The zero-order valence-electron chi connectivity index (χ0n) is 11.3. The Morgan fingerprint density at radius 3 is 2.67 bits per heavy atom. The number of aldehydes is 1. The number of halogens is 1. The van der Waals surface area contributed by atoms with E-state index >= 15 is 0 Å². The second-order valence-electron chi connectivity index (χ2n) is 5.62. The summed E-state index contributed by atoms with van der Waals surface area (Å²) in [6.07, 6.45) is 5.67. The molecule has 0 N–H and O–H groups in total. The minimum Gasteiger partial charge on any atom is -0.302 e. The molecule has 0 saturated heterocycles. The van der Waals surface area contributed by atoms with Crippen LogP contribution in [0.5, 0.6) is 0 Å². The summed E-state index contributed by atoms with van der Waals surface area (Å²) in [5, 5.41) is 10.2. The van der Waals surface area contributed by atoms with Gasteiger partial charge in [0.2, 0.25) is 0 Å². The number of benzene rings is 1. The maximum Gasteiger partial charge on any atom is 0.196 e. The minimum atomic E-state index is 0.481. The van der Waals surface area contributed by atoms with Crippen molar-refractivity contribution in [2.75, 3.05) is 0 Å². The summed E-state index contributed by atoms with van der Waals surface area (Å²) >= 11 is 7.66. The summed E-state index contributed by atoms with van der Waals surface area (Å²) in [4.78, 5) is 11.8. The van der Waals surface area contributed by atoms with E-state index in [-0.39, 0.29) is 0 Å². The maximum absolute atomic E-state index is 10.8. The van der Waals surface area contributed by atoms with Gasteiger partial charge in [0.25, 0.3) is 0 Å². The molecule has 2 aromatic rings. The molecular weight excluding hydrogens is 306 g/mol. The van der Waals surface area contributed by atoms with Crippen molar-refractivity contribution in [3.8, 4) is 0 Å². The summed E-state index contributed by atoms with van der Waals surface area (Å²) in [6, 6.07) is 6.04. The van der Waals surface area contributed by atoms with E-state index in [1.165, 1.54) is 25.7 Å². The summed E-state index contributed by atoms with van der Waals surface area (Å²) in [5.41, 5.74) is 0.517. The van der Waals surface area contributed by atoms with Gasteiger partial charge in [-0.25, -0.2) is 0 Å². The molecule has 0 atom stereocenters. The molecule has 0 spiro atoms. The highest BCUT2D eigenvalue weighted by Crippen LogP contribution is 2.46. The van der Waals surface area contributed by atoms with Crippen LogP contribution >= 0.6 is 23.4 Å². The number of hydrogen-bond acceptors (Lipinski definition) is 4. The second-order valence-corrected chi connectivity index (χ2v) is 7.07.